The van der Waals surface area contributed by atoms with Crippen LogP contribution in [0, 0.1) is 0 Å². The number of benzene rings is 1. The van der Waals surface area contributed by atoms with Crippen LogP contribution in [0.15, 0.2) is 68.7 Å². The third kappa shape index (κ3) is 4.94. The maximum atomic E-state index is 12.3. The molecule has 1 aliphatic rings. The van der Waals surface area contributed by atoms with Crippen molar-refractivity contribution in [3.63, 3.8) is 0 Å². The van der Waals surface area contributed by atoms with Crippen LogP contribution in [0.5, 0.6) is 0 Å². The van der Waals surface area contributed by atoms with E-state index in [1.54, 1.807) is 13.0 Å². The maximum absolute atomic E-state index is 12.3. The molecule has 6 nitrogen and oxygen atoms in total. The van der Waals surface area contributed by atoms with Crippen molar-refractivity contribution in [2.45, 2.75) is 46.9 Å². The summed E-state index contributed by atoms with van der Waals surface area (Å²) in [6.07, 6.45) is 3.14. The fourth-order valence-electron chi connectivity index (χ4n) is 3.20. The van der Waals surface area contributed by atoms with Crippen molar-refractivity contribution in [2.24, 2.45) is 0 Å². The molecule has 2 aromatic rings. The third-order valence-corrected chi connectivity index (χ3v) is 6.81. The van der Waals surface area contributed by atoms with Gasteiger partial charge < -0.3 is 5.11 Å². The summed E-state index contributed by atoms with van der Waals surface area (Å²) in [5.41, 5.74) is 0.872. The smallest absolute Gasteiger partial charge is 0.177 e. The number of hydrogen-bond acceptors (Lipinski definition) is 7. The van der Waals surface area contributed by atoms with Gasteiger partial charge in [0.1, 0.15) is 10.8 Å². The standard InChI is InChI=1S/C21H21NO5S2/c1-3-17(23)21-18(24)10-14(11-19(21)25)13-4-6-15(7-5-13)28-20-9-8-16(12-22-20)29(2,26)27/h4-9,12,14,24H,3,10-11H2,1-2H3. The summed E-state index contributed by atoms with van der Waals surface area (Å²) in [4.78, 5) is 29.4. The number of pyridine rings is 1. The number of aliphatic hydroxyl groups is 1. The first-order valence-electron chi connectivity index (χ1n) is 9.11. The summed E-state index contributed by atoms with van der Waals surface area (Å²) in [6.45, 7) is 1.67. The van der Waals surface area contributed by atoms with Crippen molar-refractivity contribution in [2.75, 3.05) is 6.26 Å². The van der Waals surface area contributed by atoms with E-state index in [1.807, 2.05) is 24.3 Å². The zero-order valence-corrected chi connectivity index (χ0v) is 17.7. The van der Waals surface area contributed by atoms with Crippen LogP contribution >= 0.6 is 11.8 Å². The summed E-state index contributed by atoms with van der Waals surface area (Å²) in [5.74, 6) is -0.903. The van der Waals surface area contributed by atoms with Gasteiger partial charge in [0.2, 0.25) is 0 Å². The van der Waals surface area contributed by atoms with Crippen molar-refractivity contribution in [1.82, 2.24) is 4.98 Å². The van der Waals surface area contributed by atoms with Crippen LogP contribution in [0.4, 0.5) is 0 Å². The lowest BCUT2D eigenvalue weighted by atomic mass is 9.81. The van der Waals surface area contributed by atoms with Gasteiger partial charge in [-0.1, -0.05) is 30.8 Å². The van der Waals surface area contributed by atoms with Crippen LogP contribution < -0.4 is 0 Å². The zero-order chi connectivity index (χ0) is 21.2. The Bertz CT molecular complexity index is 1070. The molecular formula is C21H21NO5S2. The number of ketones is 2. The minimum absolute atomic E-state index is 0.0421. The molecule has 0 aliphatic heterocycles. The highest BCUT2D eigenvalue weighted by Crippen LogP contribution is 2.35. The molecule has 1 N–H and O–H groups in total. The number of carbonyl (C=O) groups excluding carboxylic acids is 2. The van der Waals surface area contributed by atoms with Crippen molar-refractivity contribution >= 4 is 33.2 Å². The first-order chi connectivity index (χ1) is 13.7. The molecule has 0 saturated carbocycles. The molecule has 1 atom stereocenters. The lowest BCUT2D eigenvalue weighted by Gasteiger charge is -2.23. The lowest BCUT2D eigenvalue weighted by Crippen LogP contribution is -2.23. The molecule has 152 valence electrons. The zero-order valence-electron chi connectivity index (χ0n) is 16.1. The van der Waals surface area contributed by atoms with Crippen molar-refractivity contribution in [3.8, 4) is 0 Å². The number of allylic oxidation sites excluding steroid dienone is 2. The number of aromatic nitrogens is 1. The quantitative estimate of drug-likeness (QED) is 0.693. The number of nitrogens with zero attached hydrogens (tertiary/aromatic N) is 1. The summed E-state index contributed by atoms with van der Waals surface area (Å²) < 4.78 is 23.0. The molecule has 1 heterocycles. The predicted octanol–water partition coefficient (Wildman–Crippen LogP) is 3.87. The summed E-state index contributed by atoms with van der Waals surface area (Å²) >= 11 is 1.39. The van der Waals surface area contributed by atoms with E-state index in [2.05, 4.69) is 4.98 Å². The first kappa shape index (κ1) is 21.3. The Hall–Kier alpha value is -2.45. The fourth-order valence-corrected chi connectivity index (χ4v) is 4.51. The molecule has 0 amide bonds. The molecule has 0 bridgehead atoms. The topological polar surface area (TPSA) is 101 Å². The Morgan fingerprint density at radius 2 is 1.86 bits per heavy atom. The molecule has 3 rings (SSSR count). The lowest BCUT2D eigenvalue weighted by molar-refractivity contribution is -0.122. The van der Waals surface area contributed by atoms with Crippen LogP contribution in [0.3, 0.4) is 0 Å². The van der Waals surface area contributed by atoms with E-state index in [9.17, 15) is 23.1 Å². The second-order valence-corrected chi connectivity index (χ2v) is 10.0. The highest BCUT2D eigenvalue weighted by molar-refractivity contribution is 7.99. The second kappa shape index (κ2) is 8.51. The highest BCUT2D eigenvalue weighted by Gasteiger charge is 2.31. The maximum Gasteiger partial charge on any atom is 0.177 e. The van der Waals surface area contributed by atoms with Gasteiger partial charge in [0.05, 0.1) is 10.5 Å². The number of aliphatic hydroxyl groups excluding tert-OH is 1. The molecular weight excluding hydrogens is 410 g/mol. The minimum Gasteiger partial charge on any atom is -0.511 e. The summed E-state index contributed by atoms with van der Waals surface area (Å²) in [7, 11) is -3.28. The molecule has 0 spiro atoms. The number of carbonyl (C=O) groups is 2. The Balaban J connectivity index is 1.72. The van der Waals surface area contributed by atoms with Gasteiger partial charge in [-0.05, 0) is 35.7 Å². The van der Waals surface area contributed by atoms with Gasteiger partial charge in [-0.3, -0.25) is 9.59 Å². The molecule has 29 heavy (non-hydrogen) atoms. The molecule has 0 saturated heterocycles. The number of hydrogen-bond donors (Lipinski definition) is 1. The molecule has 1 unspecified atom stereocenters. The Kier molecular flexibility index (Phi) is 6.24. The van der Waals surface area contributed by atoms with E-state index in [4.69, 9.17) is 0 Å². The van der Waals surface area contributed by atoms with Gasteiger partial charge in [-0.25, -0.2) is 13.4 Å². The van der Waals surface area contributed by atoms with E-state index < -0.39 is 9.84 Å². The van der Waals surface area contributed by atoms with Gasteiger partial charge in [0.15, 0.2) is 21.4 Å². The van der Waals surface area contributed by atoms with Crippen LogP contribution in [0.2, 0.25) is 0 Å². The normalized spacial score (nSPS) is 17.4. The molecule has 1 aromatic heterocycles. The second-order valence-electron chi connectivity index (χ2n) is 6.90. The molecule has 1 aliphatic carbocycles. The van der Waals surface area contributed by atoms with Crippen LogP contribution in [-0.4, -0.2) is 36.3 Å². The van der Waals surface area contributed by atoms with Gasteiger partial charge >= 0.3 is 0 Å². The largest absolute Gasteiger partial charge is 0.511 e. The van der Waals surface area contributed by atoms with Gasteiger partial charge in [-0.15, -0.1) is 0 Å². The Labute approximate surface area is 174 Å². The van der Waals surface area contributed by atoms with Gasteiger partial charge in [-0.2, -0.15) is 0 Å². The number of Topliss-reactive ketones (excluding diaryl/α,β-unsaturated/α-hetero) is 2. The molecule has 0 fully saturated rings. The van der Waals surface area contributed by atoms with E-state index in [0.29, 0.717) is 5.03 Å². The summed E-state index contributed by atoms with van der Waals surface area (Å²) in [5, 5.41) is 10.9. The van der Waals surface area contributed by atoms with Crippen molar-refractivity contribution in [1.29, 1.82) is 0 Å². The van der Waals surface area contributed by atoms with E-state index in [-0.39, 0.29) is 53.0 Å². The van der Waals surface area contributed by atoms with Crippen molar-refractivity contribution in [3.05, 3.63) is 59.5 Å². The average Bonchev–Trinajstić information content (AvgIpc) is 2.67. The third-order valence-electron chi connectivity index (χ3n) is 4.75. The Morgan fingerprint density at radius 1 is 1.17 bits per heavy atom. The first-order valence-corrected chi connectivity index (χ1v) is 11.8. The van der Waals surface area contributed by atoms with E-state index in [1.165, 1.54) is 24.0 Å². The van der Waals surface area contributed by atoms with E-state index >= 15 is 0 Å². The predicted molar refractivity (Wildman–Crippen MR) is 110 cm³/mol. The fraction of sp³-hybridized carbons (Fsp3) is 0.286. The SMILES string of the molecule is CCC(=O)C1=C(O)CC(c2ccc(Sc3ccc(S(C)(=O)=O)cn3)cc2)CC1=O. The Morgan fingerprint density at radius 3 is 2.38 bits per heavy atom. The molecule has 8 heteroatoms. The van der Waals surface area contributed by atoms with Gasteiger partial charge in [0.25, 0.3) is 0 Å². The molecule has 1 aromatic carbocycles. The van der Waals surface area contributed by atoms with Crippen molar-refractivity contribution < 1.29 is 23.1 Å². The average molecular weight is 432 g/mol. The monoisotopic (exact) mass is 431 g/mol. The van der Waals surface area contributed by atoms with Crippen LogP contribution in [0.1, 0.15) is 37.7 Å². The number of sulfone groups is 1. The number of rotatable bonds is 6. The van der Waals surface area contributed by atoms with Crippen LogP contribution in [-0.2, 0) is 19.4 Å². The van der Waals surface area contributed by atoms with E-state index in [0.717, 1.165) is 16.7 Å². The van der Waals surface area contributed by atoms with Gasteiger partial charge in [0, 0.05) is 36.6 Å². The summed E-state index contributed by atoms with van der Waals surface area (Å²) in [6, 6.07) is 10.8. The minimum atomic E-state index is -3.28. The molecule has 0 radical (unpaired) electrons. The highest BCUT2D eigenvalue weighted by atomic mass is 32.2. The van der Waals surface area contributed by atoms with Crippen LogP contribution in [0.25, 0.3) is 0 Å².